The highest BCUT2D eigenvalue weighted by Gasteiger charge is 2.68. The molecule has 0 spiro atoms. The van der Waals surface area contributed by atoms with Crippen LogP contribution in [0.15, 0.2) is 48.5 Å². The molecule has 146 valence electrons. The Morgan fingerprint density at radius 1 is 1.11 bits per heavy atom. The fourth-order valence-electron chi connectivity index (χ4n) is 5.47. The van der Waals surface area contributed by atoms with E-state index in [1.807, 2.05) is 35.2 Å². The minimum absolute atomic E-state index is 0.192. The second-order valence-electron chi connectivity index (χ2n) is 8.49. The van der Waals surface area contributed by atoms with Crippen molar-refractivity contribution in [3.63, 3.8) is 0 Å². The van der Waals surface area contributed by atoms with Gasteiger partial charge in [0, 0.05) is 23.3 Å². The summed E-state index contributed by atoms with van der Waals surface area (Å²) in [5.41, 5.74) is 0.475. The van der Waals surface area contributed by atoms with E-state index < -0.39 is 11.1 Å². The van der Waals surface area contributed by atoms with Crippen molar-refractivity contribution in [3.05, 3.63) is 64.7 Å². The average Bonchev–Trinajstić information content (AvgIpc) is 3.08. The first-order chi connectivity index (χ1) is 13.5. The molecule has 1 saturated carbocycles. The molecule has 1 saturated heterocycles. The molecule has 2 heterocycles. The van der Waals surface area contributed by atoms with Crippen molar-refractivity contribution in [2.24, 2.45) is 0 Å². The molecule has 1 amide bonds. The molecular weight excluding hydrogens is 372 g/mol. The van der Waals surface area contributed by atoms with E-state index in [0.29, 0.717) is 18.0 Å². The normalized spacial score (nSPS) is 29.5. The molecule has 5 rings (SSSR count). The summed E-state index contributed by atoms with van der Waals surface area (Å²) in [6, 6.07) is 15.9. The molecule has 5 heteroatoms. The van der Waals surface area contributed by atoms with Crippen LogP contribution in [-0.2, 0) is 16.6 Å². The minimum Gasteiger partial charge on any atom is -0.362 e. The smallest absolute Gasteiger partial charge is 0.277 e. The fourth-order valence-corrected chi connectivity index (χ4v) is 5.64. The van der Waals surface area contributed by atoms with Gasteiger partial charge in [0.25, 0.3) is 5.91 Å². The number of hydrogen-bond donors (Lipinski definition) is 2. The number of aliphatic hydroxyl groups is 1. The van der Waals surface area contributed by atoms with Crippen LogP contribution in [0, 0.1) is 0 Å². The number of nitrogens with zero attached hydrogens (tertiary/aromatic N) is 1. The van der Waals surface area contributed by atoms with Crippen molar-refractivity contribution in [2.45, 2.75) is 55.7 Å². The minimum atomic E-state index is -1.63. The van der Waals surface area contributed by atoms with E-state index in [1.54, 1.807) is 6.07 Å². The standard InChI is InChI=1S/C23H25ClN2O2/c24-17-11-12-20-19(13-17)22(14-16-7-3-1-4-8-16)15-26(18-9-5-2-6-10-18)21(27)23(22,28)25-20/h1,3-4,7-8,11-13,18,25,28H,2,5-6,9-10,14-15H2/t22-,23-/m1/s1. The maximum absolute atomic E-state index is 13.5. The van der Waals surface area contributed by atoms with Gasteiger partial charge in [-0.3, -0.25) is 4.79 Å². The largest absolute Gasteiger partial charge is 0.362 e. The quantitative estimate of drug-likeness (QED) is 0.820. The molecule has 1 aliphatic carbocycles. The molecule has 2 aliphatic heterocycles. The summed E-state index contributed by atoms with van der Waals surface area (Å²) in [7, 11) is 0. The zero-order valence-electron chi connectivity index (χ0n) is 15.8. The van der Waals surface area contributed by atoms with Gasteiger partial charge in [0.15, 0.2) is 0 Å². The van der Waals surface area contributed by atoms with E-state index in [0.717, 1.165) is 42.5 Å². The molecule has 28 heavy (non-hydrogen) atoms. The number of fused-ring (bicyclic) bond motifs is 3. The van der Waals surface area contributed by atoms with Gasteiger partial charge in [-0.15, -0.1) is 0 Å². The number of likely N-dealkylation sites (tertiary alicyclic amines) is 1. The number of nitrogens with one attached hydrogen (secondary N) is 1. The highest BCUT2D eigenvalue weighted by atomic mass is 35.5. The lowest BCUT2D eigenvalue weighted by atomic mass is 9.72. The van der Waals surface area contributed by atoms with Gasteiger partial charge < -0.3 is 15.3 Å². The highest BCUT2D eigenvalue weighted by molar-refractivity contribution is 6.30. The summed E-state index contributed by atoms with van der Waals surface area (Å²) in [5.74, 6) is -0.192. The summed E-state index contributed by atoms with van der Waals surface area (Å²) >= 11 is 6.34. The maximum atomic E-state index is 13.5. The molecule has 0 bridgehead atoms. The van der Waals surface area contributed by atoms with Crippen LogP contribution in [0.1, 0.15) is 43.2 Å². The van der Waals surface area contributed by atoms with Crippen LogP contribution in [-0.4, -0.2) is 34.2 Å². The SMILES string of the molecule is O=C1N(C2CCCCC2)C[C@]2(Cc3ccccc3)c3cc(Cl)ccc3N[C@@]12O. The molecule has 0 radical (unpaired) electrons. The lowest BCUT2D eigenvalue weighted by Gasteiger charge is -2.34. The van der Waals surface area contributed by atoms with E-state index >= 15 is 0 Å². The lowest BCUT2D eigenvalue weighted by Crippen LogP contribution is -2.55. The molecule has 2 aromatic carbocycles. The highest BCUT2D eigenvalue weighted by Crippen LogP contribution is 2.54. The van der Waals surface area contributed by atoms with Crippen LogP contribution >= 0.6 is 11.6 Å². The van der Waals surface area contributed by atoms with Crippen molar-refractivity contribution >= 4 is 23.2 Å². The monoisotopic (exact) mass is 396 g/mol. The Hall–Kier alpha value is -2.04. The zero-order chi connectivity index (χ0) is 19.4. The number of rotatable bonds is 3. The molecule has 2 aromatic rings. The van der Waals surface area contributed by atoms with Gasteiger partial charge in [0.1, 0.15) is 0 Å². The van der Waals surface area contributed by atoms with Crippen molar-refractivity contribution < 1.29 is 9.90 Å². The predicted molar refractivity (Wildman–Crippen MR) is 110 cm³/mol. The van der Waals surface area contributed by atoms with E-state index in [2.05, 4.69) is 17.4 Å². The average molecular weight is 397 g/mol. The van der Waals surface area contributed by atoms with Gasteiger partial charge >= 0.3 is 0 Å². The third kappa shape index (κ3) is 2.51. The van der Waals surface area contributed by atoms with Crippen LogP contribution in [0.3, 0.4) is 0 Å². The summed E-state index contributed by atoms with van der Waals surface area (Å²) in [4.78, 5) is 15.5. The molecule has 3 aliphatic rings. The number of anilines is 1. The molecule has 0 unspecified atom stereocenters. The van der Waals surface area contributed by atoms with Gasteiger partial charge in [-0.2, -0.15) is 0 Å². The summed E-state index contributed by atoms with van der Waals surface area (Å²) < 4.78 is 0. The van der Waals surface area contributed by atoms with Gasteiger partial charge in [0.05, 0.1) is 5.41 Å². The number of carbonyl (C=O) groups is 1. The summed E-state index contributed by atoms with van der Waals surface area (Å²) in [5, 5.41) is 15.6. The van der Waals surface area contributed by atoms with Crippen LogP contribution in [0.4, 0.5) is 5.69 Å². The van der Waals surface area contributed by atoms with Crippen LogP contribution < -0.4 is 5.32 Å². The Morgan fingerprint density at radius 2 is 1.86 bits per heavy atom. The Labute approximate surface area is 170 Å². The number of amides is 1. The topological polar surface area (TPSA) is 52.6 Å². The Morgan fingerprint density at radius 3 is 2.61 bits per heavy atom. The molecule has 2 N–H and O–H groups in total. The van der Waals surface area contributed by atoms with Crippen LogP contribution in [0.5, 0.6) is 0 Å². The fraction of sp³-hybridized carbons (Fsp3) is 0.435. The third-order valence-corrected chi connectivity index (χ3v) is 7.12. The first-order valence-electron chi connectivity index (χ1n) is 10.2. The number of carbonyl (C=O) groups excluding carboxylic acids is 1. The summed E-state index contributed by atoms with van der Waals surface area (Å²) in [6.07, 6.45) is 6.15. The molecule has 0 aromatic heterocycles. The van der Waals surface area contributed by atoms with E-state index in [4.69, 9.17) is 11.6 Å². The maximum Gasteiger partial charge on any atom is 0.277 e. The first-order valence-corrected chi connectivity index (χ1v) is 10.6. The zero-order valence-corrected chi connectivity index (χ0v) is 16.6. The molecule has 4 nitrogen and oxygen atoms in total. The first kappa shape index (κ1) is 18.0. The Bertz CT molecular complexity index is 912. The van der Waals surface area contributed by atoms with Gasteiger partial charge in [-0.25, -0.2) is 0 Å². The number of halogens is 1. The predicted octanol–water partition coefficient (Wildman–Crippen LogP) is 4.11. The van der Waals surface area contributed by atoms with Crippen molar-refractivity contribution in [3.8, 4) is 0 Å². The molecule has 2 atom stereocenters. The van der Waals surface area contributed by atoms with E-state index in [9.17, 15) is 9.90 Å². The van der Waals surface area contributed by atoms with Gasteiger partial charge in [-0.05, 0) is 48.6 Å². The van der Waals surface area contributed by atoms with Gasteiger partial charge in [0.2, 0.25) is 5.72 Å². The Kier molecular flexibility index (Phi) is 4.18. The van der Waals surface area contributed by atoms with Crippen LogP contribution in [0.2, 0.25) is 5.02 Å². The second-order valence-corrected chi connectivity index (χ2v) is 8.93. The second kappa shape index (κ2) is 6.50. The summed E-state index contributed by atoms with van der Waals surface area (Å²) in [6.45, 7) is 0.516. The van der Waals surface area contributed by atoms with E-state index in [-0.39, 0.29) is 11.9 Å². The third-order valence-electron chi connectivity index (χ3n) is 6.88. The van der Waals surface area contributed by atoms with E-state index in [1.165, 1.54) is 6.42 Å². The molecular formula is C23H25ClN2O2. The Balaban J connectivity index is 1.63. The van der Waals surface area contributed by atoms with Crippen LogP contribution in [0.25, 0.3) is 0 Å². The number of hydrogen-bond acceptors (Lipinski definition) is 3. The van der Waals surface area contributed by atoms with Crippen molar-refractivity contribution in [2.75, 3.05) is 11.9 Å². The number of benzene rings is 2. The molecule has 2 fully saturated rings. The van der Waals surface area contributed by atoms with Crippen molar-refractivity contribution in [1.29, 1.82) is 0 Å². The van der Waals surface area contributed by atoms with Gasteiger partial charge in [-0.1, -0.05) is 61.2 Å². The van der Waals surface area contributed by atoms with Crippen molar-refractivity contribution in [1.82, 2.24) is 4.90 Å². The lowest BCUT2D eigenvalue weighted by molar-refractivity contribution is -0.144.